The molecule has 0 aromatic carbocycles. The minimum Gasteiger partial charge on any atom is -0.549 e. The van der Waals surface area contributed by atoms with Gasteiger partial charge in [0.1, 0.15) is 0 Å². The molecular formula is C26H66N10NiO36Zr2+6. The zero-order valence-corrected chi connectivity index (χ0v) is 44.2. The van der Waals surface area contributed by atoms with Gasteiger partial charge in [0.15, 0.2) is 0 Å². The van der Waals surface area contributed by atoms with E-state index in [1.54, 1.807) is 0 Å². The molecule has 0 heterocycles. The number of nitrogens with two attached hydrogens (primary N) is 6. The molecule has 0 saturated carbocycles. The number of rotatable bonds is 24. The van der Waals surface area contributed by atoms with Crippen molar-refractivity contribution in [1.29, 1.82) is 0 Å². The van der Waals surface area contributed by atoms with E-state index in [0.717, 1.165) is 0 Å². The minimum absolute atomic E-state index is 0. The van der Waals surface area contributed by atoms with E-state index in [4.69, 9.17) is 0 Å². The van der Waals surface area contributed by atoms with Gasteiger partial charge < -0.3 is 185 Å². The monoisotopic (exact) mass is 1330 g/mol. The Balaban J connectivity index is -0.0000000244. The summed E-state index contributed by atoms with van der Waals surface area (Å²) in [6.45, 7) is -9.48. The summed E-state index contributed by atoms with van der Waals surface area (Å²) < 4.78 is 0. The summed E-state index contributed by atoms with van der Waals surface area (Å²) in [5.41, 5.74) is 18.3. The van der Waals surface area contributed by atoms with Gasteiger partial charge in [-0.3, -0.25) is 53.4 Å². The van der Waals surface area contributed by atoms with Crippen LogP contribution >= 0.6 is 0 Å². The first-order valence-electron chi connectivity index (χ1n) is 14.7. The fraction of sp³-hybridized carbons (Fsp3) is 0.462. The maximum absolute atomic E-state index is 9.99. The van der Waals surface area contributed by atoms with Crippen LogP contribution in [0.5, 0.6) is 0 Å². The van der Waals surface area contributed by atoms with E-state index >= 15 is 0 Å². The SMILES string of the molecule is NC(N)=[NH2+].NC(N)=[NH2+].O.O.O.O.O.O.O=C([O-])CN(CC(=O)[O-])CC(=O)[O-].O=C([O-])CN(CC(=O)[O-])CC(=O)[O-].O=C([O-])CN(CC(=O)[O-])CC(=O)[O-].O=C([O-])CN(CC(=O)[O-])CC(=O)[O-].[Ni+3].[OH3+].[OH3+].[OH3+].[OH3+].[OH3+].[OH3+].[Zr+3].[Zr+4]. The van der Waals surface area contributed by atoms with Crippen LogP contribution in [0, 0.1) is 0 Å². The van der Waals surface area contributed by atoms with E-state index in [-0.39, 0.29) is 147 Å². The van der Waals surface area contributed by atoms with Crippen LogP contribution in [0.15, 0.2) is 0 Å². The number of guanidine groups is 2. The van der Waals surface area contributed by atoms with Gasteiger partial charge >= 0.3 is 80.8 Å². The molecule has 0 aliphatic heterocycles. The Hall–Kier alpha value is -6.20. The predicted molar refractivity (Wildman–Crippen MR) is 207 cm³/mol. The molecule has 0 atom stereocenters. The van der Waals surface area contributed by atoms with Gasteiger partial charge in [0.25, 0.3) is 0 Å². The maximum Gasteiger partial charge on any atom is 4.00 e. The molecule has 2 radical (unpaired) electrons. The van der Waals surface area contributed by atoms with Crippen LogP contribution < -0.4 is 95.0 Å². The molecule has 46 nitrogen and oxygen atoms in total. The quantitative estimate of drug-likeness (QED) is 0.0226. The summed E-state index contributed by atoms with van der Waals surface area (Å²) >= 11 is 0. The molecule has 0 spiro atoms. The molecule has 0 aromatic heterocycles. The summed E-state index contributed by atoms with van der Waals surface area (Å²) in [6, 6.07) is 0. The Bertz CT molecular complexity index is 1160. The van der Waals surface area contributed by atoms with E-state index in [2.05, 4.69) is 33.8 Å². The third-order valence-electron chi connectivity index (χ3n) is 4.23. The molecule has 448 valence electrons. The summed E-state index contributed by atoms with van der Waals surface area (Å²) in [5, 5.41) is 129. The normalized spacial score (nSPS) is 7.52. The van der Waals surface area contributed by atoms with Crippen molar-refractivity contribution >= 4 is 83.6 Å². The van der Waals surface area contributed by atoms with Crippen LogP contribution in [0.4, 0.5) is 0 Å². The van der Waals surface area contributed by atoms with Crippen LogP contribution in [-0.2, 0) is 159 Å². The van der Waals surface area contributed by atoms with Crippen LogP contribution in [0.3, 0.4) is 0 Å². The van der Waals surface area contributed by atoms with Crippen molar-refractivity contribution < 1.29 is 264 Å². The molecule has 0 rings (SSSR count). The Morgan fingerprint density at radius 1 is 0.267 bits per heavy atom. The van der Waals surface area contributed by atoms with E-state index in [9.17, 15) is 119 Å². The van der Waals surface area contributed by atoms with Crippen LogP contribution in [-0.4, -0.2) is 215 Å². The average Bonchev–Trinajstić information content (AvgIpc) is 2.93. The molecule has 0 aliphatic carbocycles. The molecule has 0 fully saturated rings. The number of carboxylic acids is 12. The van der Waals surface area contributed by atoms with Crippen LogP contribution in [0.25, 0.3) is 0 Å². The number of carbonyl (C=O) groups is 12. The van der Waals surface area contributed by atoms with Crippen LogP contribution in [0.1, 0.15) is 0 Å². The standard InChI is InChI=1S/4C6H9NO6.2CH5N3.Ni.12H2O.2Zr/c4*8-4(9)1-7(2-5(10)11)3-6(12)13;2*2-1(3)4;;;;;;;;;;;;;;;/h4*1-3H2,(H,8,9)(H,10,11)(H,12,13);2*(H5,2,3,4);;12*1H2;;/q;;;;;;+3;;;;;;;;;;;;;+3;+4/p-4. The average molecular weight is 1340 g/mol. The summed E-state index contributed by atoms with van der Waals surface area (Å²) in [6.07, 6.45) is 0. The van der Waals surface area contributed by atoms with Crippen molar-refractivity contribution in [3.63, 3.8) is 0 Å². The van der Waals surface area contributed by atoms with Crippen molar-refractivity contribution in [1.82, 2.24) is 19.6 Å². The fourth-order valence-electron chi connectivity index (χ4n) is 2.86. The van der Waals surface area contributed by atoms with Gasteiger partial charge in [-0.15, -0.1) is 0 Å². The second kappa shape index (κ2) is 84.6. The second-order valence-electron chi connectivity index (χ2n) is 10.0. The molecule has 42 N–H and O–H groups in total. The van der Waals surface area contributed by atoms with Gasteiger partial charge in [0, 0.05) is 78.5 Å². The first-order valence-corrected chi connectivity index (χ1v) is 14.7. The number of carbonyl (C=O) groups excluding carboxylic acids is 12. The number of nitrogens with zero attached hydrogens (tertiary/aromatic N) is 4. The molecule has 0 aliphatic rings. The predicted octanol–water partition coefficient (Wildman–Crippen LogP) is -38.3. The topological polar surface area (TPSA) is 1040 Å². The van der Waals surface area contributed by atoms with Gasteiger partial charge in [0.05, 0.1) is 71.6 Å². The summed E-state index contributed by atoms with van der Waals surface area (Å²) in [7, 11) is 0. The van der Waals surface area contributed by atoms with Gasteiger partial charge in [0.2, 0.25) is 0 Å². The molecule has 75 heavy (non-hydrogen) atoms. The molecule has 0 unspecified atom stereocenters. The van der Waals surface area contributed by atoms with E-state index < -0.39 is 150 Å². The van der Waals surface area contributed by atoms with E-state index in [1.165, 1.54) is 0 Å². The zero-order chi connectivity index (χ0) is 48.9. The Morgan fingerprint density at radius 2 is 0.307 bits per heavy atom. The Morgan fingerprint density at radius 3 is 0.333 bits per heavy atom. The summed E-state index contributed by atoms with van der Waals surface area (Å²) in [4.78, 5) is 122. The Kier molecular flexibility index (Phi) is 156. The third kappa shape index (κ3) is 168. The van der Waals surface area contributed by atoms with Crippen molar-refractivity contribution in [2.45, 2.75) is 0 Å². The largest absolute Gasteiger partial charge is 4.00 e. The van der Waals surface area contributed by atoms with Crippen molar-refractivity contribution in [3.8, 4) is 0 Å². The first kappa shape index (κ1) is 138. The van der Waals surface area contributed by atoms with Gasteiger partial charge in [-0.2, -0.15) is 0 Å². The number of hydrogen-bond acceptors (Lipinski definition) is 28. The number of hydrogen-bond donors (Lipinski definition) is 6. The zero-order valence-electron chi connectivity index (χ0n) is 38.3. The van der Waals surface area contributed by atoms with Gasteiger partial charge in [-0.25, -0.2) is 0 Å². The van der Waals surface area contributed by atoms with Crippen molar-refractivity contribution in [3.05, 3.63) is 0 Å². The molecule has 0 amide bonds. The van der Waals surface area contributed by atoms with Crippen molar-refractivity contribution in [2.75, 3.05) is 78.5 Å². The van der Waals surface area contributed by atoms with Crippen molar-refractivity contribution in [2.24, 2.45) is 22.9 Å². The number of carboxylic acid groups (broad SMARTS) is 12. The molecule has 0 aromatic rings. The molecule has 49 heteroatoms. The van der Waals surface area contributed by atoms with E-state index in [0.29, 0.717) is 19.6 Å². The third-order valence-corrected chi connectivity index (χ3v) is 4.23. The molecule has 0 bridgehead atoms. The van der Waals surface area contributed by atoms with Crippen LogP contribution in [0.2, 0.25) is 0 Å². The smallest absolute Gasteiger partial charge is 0.549 e. The fourth-order valence-corrected chi connectivity index (χ4v) is 2.86. The number of aliphatic carboxylic acids is 12. The molecule has 0 saturated heterocycles. The maximum atomic E-state index is 9.99. The summed E-state index contributed by atoms with van der Waals surface area (Å²) in [5.74, 6) is -19.0. The second-order valence-corrected chi connectivity index (χ2v) is 10.0. The van der Waals surface area contributed by atoms with E-state index in [1.807, 2.05) is 0 Å². The Labute approximate surface area is 466 Å². The molecular weight excluding hydrogens is 1270 g/mol. The van der Waals surface area contributed by atoms with Gasteiger partial charge in [-0.1, -0.05) is 0 Å². The minimum atomic E-state index is -1.57. The van der Waals surface area contributed by atoms with Gasteiger partial charge in [-0.05, 0) is 0 Å². The first-order chi connectivity index (χ1) is 27.1.